The van der Waals surface area contributed by atoms with Crippen LogP contribution in [0.3, 0.4) is 0 Å². The van der Waals surface area contributed by atoms with E-state index in [4.69, 9.17) is 0 Å². The minimum absolute atomic E-state index is 0.00782. The number of nitrogens with zero attached hydrogens (tertiary/aromatic N) is 4. The quantitative estimate of drug-likeness (QED) is 0.687. The fourth-order valence-corrected chi connectivity index (χ4v) is 3.57. The summed E-state index contributed by atoms with van der Waals surface area (Å²) in [6.45, 7) is 3.39. The second-order valence-corrected chi connectivity index (χ2v) is 6.27. The second-order valence-electron chi connectivity index (χ2n) is 3.95. The van der Waals surface area contributed by atoms with Gasteiger partial charge in [0.1, 0.15) is 10.0 Å². The minimum atomic E-state index is -0.723. The highest BCUT2D eigenvalue weighted by Gasteiger charge is 2.23. The normalized spacial score (nSPS) is 12.6. The molecule has 0 aliphatic heterocycles. The molecule has 0 saturated carbocycles. The van der Waals surface area contributed by atoms with Crippen molar-refractivity contribution in [1.82, 2.24) is 14.8 Å². The Hall–Kier alpha value is -1.45. The van der Waals surface area contributed by atoms with Crippen molar-refractivity contribution in [1.29, 1.82) is 0 Å². The van der Waals surface area contributed by atoms with Crippen molar-refractivity contribution in [3.8, 4) is 0 Å². The summed E-state index contributed by atoms with van der Waals surface area (Å²) in [7, 11) is 1.80. The van der Waals surface area contributed by atoms with Gasteiger partial charge in [0, 0.05) is 18.0 Å². The molecule has 0 aromatic carbocycles. The molecule has 9 heteroatoms. The summed E-state index contributed by atoms with van der Waals surface area (Å²) in [5.74, 6) is 0.734. The molecule has 2 aromatic heterocycles. The van der Waals surface area contributed by atoms with Crippen LogP contribution in [0.5, 0.6) is 0 Å². The Morgan fingerprint density at radius 1 is 1.58 bits per heavy atom. The first-order valence-electron chi connectivity index (χ1n) is 5.40. The maximum absolute atomic E-state index is 11.0. The maximum atomic E-state index is 11.0. The number of aliphatic hydroxyl groups is 1. The topological polar surface area (TPSA) is 94.1 Å². The van der Waals surface area contributed by atoms with Gasteiger partial charge < -0.3 is 9.67 Å². The lowest BCUT2D eigenvalue weighted by molar-refractivity contribution is -0.387. The van der Waals surface area contributed by atoms with E-state index in [1.54, 1.807) is 25.5 Å². The third-order valence-electron chi connectivity index (χ3n) is 2.54. The smallest absolute Gasteiger partial charge is 0.294 e. The Labute approximate surface area is 117 Å². The number of thiophene rings is 1. The molecule has 0 amide bonds. The van der Waals surface area contributed by atoms with Crippen LogP contribution in [0, 0.1) is 17.0 Å². The van der Waals surface area contributed by atoms with Gasteiger partial charge in [0.2, 0.25) is 0 Å². The molecule has 0 aliphatic carbocycles. The zero-order chi connectivity index (χ0) is 14.2. The Kier molecular flexibility index (Phi) is 3.88. The second kappa shape index (κ2) is 5.27. The van der Waals surface area contributed by atoms with Crippen molar-refractivity contribution in [3.63, 3.8) is 0 Å². The first kappa shape index (κ1) is 14.0. The van der Waals surface area contributed by atoms with E-state index in [2.05, 4.69) is 10.2 Å². The molecule has 0 bridgehead atoms. The van der Waals surface area contributed by atoms with Gasteiger partial charge in [-0.1, -0.05) is 0 Å². The predicted molar refractivity (Wildman–Crippen MR) is 71.5 cm³/mol. The predicted octanol–water partition coefficient (Wildman–Crippen LogP) is 2.30. The van der Waals surface area contributed by atoms with Crippen molar-refractivity contribution in [2.24, 2.45) is 7.05 Å². The van der Waals surface area contributed by atoms with Crippen LogP contribution in [0.1, 0.15) is 23.7 Å². The molecule has 1 unspecified atom stereocenters. The molecule has 0 radical (unpaired) electrons. The Bertz CT molecular complexity index is 620. The standard InChI is InChI=1S/C10H12N4O3S2/c1-5(15)8-4-7(14(16)17)9(18-8)19-10-12-11-6(2)13(10)3/h4-5,15H,1-3H3. The summed E-state index contributed by atoms with van der Waals surface area (Å²) in [5, 5.41) is 29.0. The molecule has 102 valence electrons. The molecule has 0 fully saturated rings. The SMILES string of the molecule is Cc1nnc(Sc2sc(C(C)O)cc2[N+](=O)[O-])n1C. The molecule has 2 aromatic rings. The summed E-state index contributed by atoms with van der Waals surface area (Å²) in [4.78, 5) is 11.1. The van der Waals surface area contributed by atoms with Gasteiger partial charge >= 0.3 is 0 Å². The average Bonchev–Trinajstić information content (AvgIpc) is 2.88. The first-order chi connectivity index (χ1) is 8.90. The van der Waals surface area contributed by atoms with Crippen molar-refractivity contribution >= 4 is 28.8 Å². The van der Waals surface area contributed by atoms with E-state index >= 15 is 0 Å². The summed E-state index contributed by atoms with van der Waals surface area (Å²) < 4.78 is 2.26. The van der Waals surface area contributed by atoms with E-state index in [1.165, 1.54) is 29.2 Å². The maximum Gasteiger partial charge on any atom is 0.294 e. The molecule has 2 rings (SSSR count). The lowest BCUT2D eigenvalue weighted by Crippen LogP contribution is -1.93. The third kappa shape index (κ3) is 2.77. The van der Waals surface area contributed by atoms with Gasteiger partial charge in [-0.15, -0.1) is 21.5 Å². The Morgan fingerprint density at radius 3 is 2.74 bits per heavy atom. The van der Waals surface area contributed by atoms with Gasteiger partial charge in [0.05, 0.1) is 11.0 Å². The van der Waals surface area contributed by atoms with Crippen LogP contribution < -0.4 is 0 Å². The van der Waals surface area contributed by atoms with Crippen molar-refractivity contribution in [3.05, 3.63) is 26.9 Å². The molecular formula is C10H12N4O3S2. The van der Waals surface area contributed by atoms with E-state index in [-0.39, 0.29) is 5.69 Å². The lowest BCUT2D eigenvalue weighted by atomic mass is 10.3. The largest absolute Gasteiger partial charge is 0.388 e. The van der Waals surface area contributed by atoms with Gasteiger partial charge in [0.15, 0.2) is 5.16 Å². The number of hydrogen-bond acceptors (Lipinski definition) is 7. The van der Waals surface area contributed by atoms with E-state index in [0.717, 1.165) is 5.82 Å². The minimum Gasteiger partial charge on any atom is -0.388 e. The van der Waals surface area contributed by atoms with Gasteiger partial charge in [0.25, 0.3) is 5.69 Å². The van der Waals surface area contributed by atoms with Crippen LogP contribution in [-0.2, 0) is 7.05 Å². The first-order valence-corrected chi connectivity index (χ1v) is 7.03. The van der Waals surface area contributed by atoms with Gasteiger partial charge in [-0.2, -0.15) is 0 Å². The lowest BCUT2D eigenvalue weighted by Gasteiger charge is -1.99. The Balaban J connectivity index is 2.38. The summed E-state index contributed by atoms with van der Waals surface area (Å²) in [5.41, 5.74) is -0.00782. The van der Waals surface area contributed by atoms with Crippen LogP contribution in [0.2, 0.25) is 0 Å². The fraction of sp³-hybridized carbons (Fsp3) is 0.400. The zero-order valence-corrected chi connectivity index (χ0v) is 12.2. The number of aromatic nitrogens is 3. The highest BCUT2D eigenvalue weighted by molar-refractivity contribution is 8.01. The summed E-state index contributed by atoms with van der Waals surface area (Å²) >= 11 is 2.38. The molecule has 0 saturated heterocycles. The van der Waals surface area contributed by atoms with E-state index in [9.17, 15) is 15.2 Å². The van der Waals surface area contributed by atoms with Crippen molar-refractivity contribution in [2.45, 2.75) is 29.3 Å². The van der Waals surface area contributed by atoms with E-state index < -0.39 is 11.0 Å². The molecule has 7 nitrogen and oxygen atoms in total. The van der Waals surface area contributed by atoms with Crippen molar-refractivity contribution < 1.29 is 10.0 Å². The van der Waals surface area contributed by atoms with E-state index in [0.29, 0.717) is 14.2 Å². The average molecular weight is 300 g/mol. The van der Waals surface area contributed by atoms with Gasteiger partial charge in [-0.25, -0.2) is 0 Å². The third-order valence-corrected chi connectivity index (χ3v) is 5.07. The van der Waals surface area contributed by atoms with Gasteiger partial charge in [-0.3, -0.25) is 10.1 Å². The number of rotatable bonds is 4. The highest BCUT2D eigenvalue weighted by Crippen LogP contribution is 2.42. The molecule has 0 aliphatic rings. The number of aliphatic hydroxyl groups excluding tert-OH is 1. The van der Waals surface area contributed by atoms with Crippen LogP contribution in [0.25, 0.3) is 0 Å². The van der Waals surface area contributed by atoms with Crippen molar-refractivity contribution in [2.75, 3.05) is 0 Å². The molecule has 19 heavy (non-hydrogen) atoms. The number of nitro groups is 1. The number of hydrogen-bond donors (Lipinski definition) is 1. The summed E-state index contributed by atoms with van der Waals surface area (Å²) in [6.07, 6.45) is -0.723. The summed E-state index contributed by atoms with van der Waals surface area (Å²) in [6, 6.07) is 1.40. The van der Waals surface area contributed by atoms with Crippen LogP contribution >= 0.6 is 23.1 Å². The monoisotopic (exact) mass is 300 g/mol. The molecular weight excluding hydrogens is 288 g/mol. The van der Waals surface area contributed by atoms with Crippen LogP contribution in [-0.4, -0.2) is 24.8 Å². The Morgan fingerprint density at radius 2 is 2.26 bits per heavy atom. The number of aryl methyl sites for hydroxylation is 1. The van der Waals surface area contributed by atoms with Gasteiger partial charge in [-0.05, 0) is 25.6 Å². The fourth-order valence-electron chi connectivity index (χ4n) is 1.35. The zero-order valence-electron chi connectivity index (χ0n) is 10.5. The van der Waals surface area contributed by atoms with Crippen LogP contribution in [0.4, 0.5) is 5.69 Å². The molecule has 2 heterocycles. The van der Waals surface area contributed by atoms with E-state index in [1.807, 2.05) is 0 Å². The molecule has 1 atom stereocenters. The van der Waals surface area contributed by atoms with Crippen LogP contribution in [0.15, 0.2) is 15.4 Å². The molecule has 0 spiro atoms. The molecule has 1 N–H and O–H groups in total. The highest BCUT2D eigenvalue weighted by atomic mass is 32.2.